The summed E-state index contributed by atoms with van der Waals surface area (Å²) in [6.45, 7) is 17.3. The molecule has 0 saturated carbocycles. The van der Waals surface area contributed by atoms with Crippen LogP contribution < -0.4 is 9.80 Å². The van der Waals surface area contributed by atoms with Crippen molar-refractivity contribution in [1.29, 1.82) is 0 Å². The molecule has 0 atom stereocenters. The van der Waals surface area contributed by atoms with Crippen LogP contribution in [0.5, 0.6) is 0 Å². The van der Waals surface area contributed by atoms with Gasteiger partial charge in [-0.3, -0.25) is 9.80 Å². The number of amides is 2. The van der Waals surface area contributed by atoms with Gasteiger partial charge in [0.1, 0.15) is 26.2 Å². The van der Waals surface area contributed by atoms with Crippen molar-refractivity contribution in [2.45, 2.75) is 38.5 Å². The first kappa shape index (κ1) is 22.2. The maximum atomic E-state index is 12.1. The van der Waals surface area contributed by atoms with Gasteiger partial charge in [-0.1, -0.05) is 39.2 Å². The second-order valence-corrected chi connectivity index (χ2v) is 5.94. The van der Waals surface area contributed by atoms with Crippen molar-refractivity contribution in [3.8, 4) is 0 Å². The number of carbonyl (C=O) groups excluding carboxylic acids is 2. The Morgan fingerprint density at radius 3 is 1.12 bits per heavy atom. The van der Waals surface area contributed by atoms with Crippen LogP contribution in [0.25, 0.3) is 0 Å². The quantitative estimate of drug-likeness (QED) is 0.345. The third-order valence-corrected chi connectivity index (χ3v) is 3.91. The summed E-state index contributed by atoms with van der Waals surface area (Å²) in [6.07, 6.45) is 11.9. The molecule has 0 spiro atoms. The molecule has 4 heteroatoms. The molecule has 0 saturated heterocycles. The maximum Gasteiger partial charge on any atom is 0.312 e. The van der Waals surface area contributed by atoms with Gasteiger partial charge in [-0.15, -0.1) is 0 Å². The molecule has 0 rings (SSSR count). The average molecular weight is 335 g/mol. The Hall–Kier alpha value is -1.78. The highest BCUT2D eigenvalue weighted by Gasteiger charge is 2.17. The normalized spacial score (nSPS) is 10.6. The van der Waals surface area contributed by atoms with E-state index in [1.807, 2.05) is 0 Å². The summed E-state index contributed by atoms with van der Waals surface area (Å²) in [7, 11) is 0. The Morgan fingerprint density at radius 2 is 0.875 bits per heavy atom. The van der Waals surface area contributed by atoms with E-state index >= 15 is 0 Å². The Labute approximate surface area is 147 Å². The molecule has 0 unspecified atom stereocenters. The van der Waals surface area contributed by atoms with E-state index in [1.54, 1.807) is 24.3 Å². The first-order chi connectivity index (χ1) is 11.6. The number of hydrogen-bond donors (Lipinski definition) is 2. The van der Waals surface area contributed by atoms with Crippen molar-refractivity contribution in [2.75, 3.05) is 26.2 Å². The second kappa shape index (κ2) is 14.8. The van der Waals surface area contributed by atoms with Crippen molar-refractivity contribution in [3.63, 3.8) is 0 Å². The van der Waals surface area contributed by atoms with Crippen LogP contribution in [0, 0.1) is 0 Å². The van der Waals surface area contributed by atoms with Gasteiger partial charge in [-0.2, -0.15) is 0 Å². The minimum absolute atomic E-state index is 0.221. The summed E-state index contributed by atoms with van der Waals surface area (Å²) in [6, 6.07) is 0. The third kappa shape index (κ3) is 10.1. The Morgan fingerprint density at radius 1 is 0.583 bits per heavy atom. The molecule has 2 N–H and O–H groups in total. The van der Waals surface area contributed by atoms with Crippen LogP contribution >= 0.6 is 0 Å². The molecule has 2 amide bonds. The van der Waals surface area contributed by atoms with Crippen LogP contribution in [-0.2, 0) is 9.59 Å². The van der Waals surface area contributed by atoms with Crippen LogP contribution in [0.2, 0.25) is 0 Å². The second-order valence-electron chi connectivity index (χ2n) is 5.94. The van der Waals surface area contributed by atoms with Crippen LogP contribution in [0.15, 0.2) is 50.6 Å². The first-order valence-corrected chi connectivity index (χ1v) is 8.80. The summed E-state index contributed by atoms with van der Waals surface area (Å²) >= 11 is 0. The van der Waals surface area contributed by atoms with E-state index in [2.05, 4.69) is 26.3 Å². The molecule has 24 heavy (non-hydrogen) atoms. The number of carbonyl (C=O) groups is 2. The monoisotopic (exact) mass is 334 g/mol. The topological polar surface area (TPSA) is 43.0 Å². The van der Waals surface area contributed by atoms with E-state index in [1.165, 1.54) is 0 Å². The van der Waals surface area contributed by atoms with E-state index in [0.717, 1.165) is 35.5 Å². The number of rotatable bonds is 15. The number of nitrogens with one attached hydrogen (secondary N) is 2. The van der Waals surface area contributed by atoms with Gasteiger partial charge in [0.25, 0.3) is 0 Å². The lowest BCUT2D eigenvalue weighted by molar-refractivity contribution is -0.807. The zero-order valence-electron chi connectivity index (χ0n) is 15.0. The molecule has 0 aliphatic rings. The molecule has 0 heterocycles. The van der Waals surface area contributed by atoms with Gasteiger partial charge in [0.2, 0.25) is 0 Å². The molecule has 0 aromatic rings. The molecule has 0 radical (unpaired) electrons. The van der Waals surface area contributed by atoms with Crippen LogP contribution in [0.4, 0.5) is 0 Å². The first-order valence-electron chi connectivity index (χ1n) is 8.80. The predicted molar refractivity (Wildman–Crippen MR) is 99.9 cm³/mol. The van der Waals surface area contributed by atoms with Crippen molar-refractivity contribution in [2.24, 2.45) is 0 Å². The predicted octanol–water partition coefficient (Wildman–Crippen LogP) is 0.894. The molecule has 0 aromatic carbocycles. The highest BCUT2D eigenvalue weighted by atomic mass is 16.2. The Kier molecular flexibility index (Phi) is 13.7. The van der Waals surface area contributed by atoms with Crippen molar-refractivity contribution in [1.82, 2.24) is 0 Å². The fourth-order valence-electron chi connectivity index (χ4n) is 2.60. The van der Waals surface area contributed by atoms with Gasteiger partial charge >= 0.3 is 11.8 Å². The molecular weight excluding hydrogens is 300 g/mol. The number of quaternary nitrogens is 2. The molecule has 0 fully saturated rings. The summed E-state index contributed by atoms with van der Waals surface area (Å²) in [5.74, 6) is 0.442. The van der Waals surface area contributed by atoms with Crippen LogP contribution in [-0.4, -0.2) is 38.0 Å². The molecule has 0 aromatic heterocycles. The van der Waals surface area contributed by atoms with Gasteiger partial charge in [-0.25, -0.2) is 9.59 Å². The molecule has 0 aliphatic carbocycles. The van der Waals surface area contributed by atoms with E-state index in [0.29, 0.717) is 39.0 Å². The highest BCUT2D eigenvalue weighted by molar-refractivity contribution is 5.67. The van der Waals surface area contributed by atoms with E-state index < -0.39 is 0 Å². The molecule has 134 valence electrons. The Bertz CT molecular complexity index is 369. The summed E-state index contributed by atoms with van der Waals surface area (Å²) in [4.78, 5) is 26.0. The third-order valence-electron chi connectivity index (χ3n) is 3.91. The smallest absolute Gasteiger partial charge is 0.265 e. The Balaban J connectivity index is 3.92. The SMILES string of the molecule is C=CC[NH+](CC=C)C(=O)CCCCCCC(=O)[NH+](CC=C)CC=C. The minimum atomic E-state index is 0.221. The zero-order valence-corrected chi connectivity index (χ0v) is 15.0. The maximum absolute atomic E-state index is 12.1. The van der Waals surface area contributed by atoms with E-state index in [9.17, 15) is 9.59 Å². The van der Waals surface area contributed by atoms with Gasteiger partial charge in [-0.05, 0) is 37.1 Å². The minimum Gasteiger partial charge on any atom is -0.265 e. The summed E-state index contributed by atoms with van der Waals surface area (Å²) in [5, 5.41) is 0. The molecule has 0 bridgehead atoms. The van der Waals surface area contributed by atoms with E-state index in [-0.39, 0.29) is 11.8 Å². The molecular formula is C20H34N2O2+2. The lowest BCUT2D eigenvalue weighted by Crippen LogP contribution is -3.14. The van der Waals surface area contributed by atoms with Gasteiger partial charge in [0.05, 0.1) is 12.8 Å². The lowest BCUT2D eigenvalue weighted by Gasteiger charge is -2.13. The fraction of sp³-hybridized carbons (Fsp3) is 0.500. The largest absolute Gasteiger partial charge is 0.312 e. The highest BCUT2D eigenvalue weighted by Crippen LogP contribution is 2.04. The van der Waals surface area contributed by atoms with Crippen LogP contribution in [0.1, 0.15) is 38.5 Å². The molecule has 4 nitrogen and oxygen atoms in total. The summed E-state index contributed by atoms with van der Waals surface area (Å²) in [5.41, 5.74) is 0. The number of hydrogen-bond acceptors (Lipinski definition) is 2. The fourth-order valence-corrected chi connectivity index (χ4v) is 2.60. The van der Waals surface area contributed by atoms with Crippen molar-refractivity contribution >= 4 is 11.8 Å². The van der Waals surface area contributed by atoms with Crippen molar-refractivity contribution < 1.29 is 19.4 Å². The van der Waals surface area contributed by atoms with Gasteiger partial charge in [0, 0.05) is 0 Å². The summed E-state index contributed by atoms with van der Waals surface area (Å²) < 4.78 is 0. The molecule has 0 aliphatic heterocycles. The average Bonchev–Trinajstić information content (AvgIpc) is 2.57. The van der Waals surface area contributed by atoms with Crippen LogP contribution in [0.3, 0.4) is 0 Å². The van der Waals surface area contributed by atoms with Gasteiger partial charge < -0.3 is 0 Å². The number of unbranched alkanes of at least 4 members (excludes halogenated alkanes) is 3. The van der Waals surface area contributed by atoms with Gasteiger partial charge in [0.15, 0.2) is 0 Å². The standard InChI is InChI=1S/C20H32N2O2/c1-5-15-21(16-6-2)19(23)13-11-9-10-12-14-20(24)22(17-7-3)18-8-4/h5-8H,1-4,9-18H2/p+2. The van der Waals surface area contributed by atoms with Crippen molar-refractivity contribution in [3.05, 3.63) is 50.6 Å². The zero-order chi connectivity index (χ0) is 18.2. The van der Waals surface area contributed by atoms with E-state index in [4.69, 9.17) is 0 Å². The lowest BCUT2D eigenvalue weighted by atomic mass is 10.1.